The lowest BCUT2D eigenvalue weighted by molar-refractivity contribution is -0.135. The van der Waals surface area contributed by atoms with Crippen LogP contribution in [0, 0.1) is 12.8 Å². The Labute approximate surface area is 187 Å². The van der Waals surface area contributed by atoms with E-state index in [2.05, 4.69) is 41.5 Å². The van der Waals surface area contributed by atoms with Gasteiger partial charge in [0, 0.05) is 38.0 Å². The van der Waals surface area contributed by atoms with Crippen LogP contribution in [0.2, 0.25) is 0 Å². The normalized spacial score (nSPS) is 20.8. The minimum absolute atomic E-state index is 0.0986. The van der Waals surface area contributed by atoms with Crippen molar-refractivity contribution in [3.8, 4) is 0 Å². The molecule has 0 aliphatic carbocycles. The number of likely N-dealkylation sites (tertiary alicyclic amines) is 1. The van der Waals surface area contributed by atoms with Gasteiger partial charge in [-0.05, 0) is 54.2 Å². The van der Waals surface area contributed by atoms with Crippen molar-refractivity contribution in [2.45, 2.75) is 37.0 Å². The number of fused-ring (bicyclic) bond motifs is 1. The lowest BCUT2D eigenvalue weighted by Crippen LogP contribution is -2.43. The zero-order chi connectivity index (χ0) is 22.3. The summed E-state index contributed by atoms with van der Waals surface area (Å²) in [5, 5.41) is 7.49. The van der Waals surface area contributed by atoms with Crippen molar-refractivity contribution in [1.29, 1.82) is 0 Å². The zero-order valence-electron chi connectivity index (χ0n) is 18.0. The summed E-state index contributed by atoms with van der Waals surface area (Å²) < 4.78 is 32.5. The first-order chi connectivity index (χ1) is 15.4. The quantitative estimate of drug-likeness (QED) is 0.601. The van der Waals surface area contributed by atoms with Crippen LogP contribution in [0.15, 0.2) is 52.0 Å². The second kappa shape index (κ2) is 8.29. The number of aromatic nitrogens is 2. The Balaban J connectivity index is 1.22. The largest absolute Gasteiger partial charge is 0.342 e. The molecule has 2 fully saturated rings. The number of piperidine rings is 1. The van der Waals surface area contributed by atoms with Crippen molar-refractivity contribution < 1.29 is 17.8 Å². The maximum atomic E-state index is 13.2. The predicted octanol–water partition coefficient (Wildman–Crippen LogP) is 2.95. The van der Waals surface area contributed by atoms with Gasteiger partial charge in [0.05, 0.1) is 0 Å². The molecule has 0 bridgehead atoms. The van der Waals surface area contributed by atoms with E-state index >= 15 is 0 Å². The summed E-state index contributed by atoms with van der Waals surface area (Å²) in [6.45, 7) is 4.20. The van der Waals surface area contributed by atoms with Gasteiger partial charge >= 0.3 is 0 Å². The van der Waals surface area contributed by atoms with Gasteiger partial charge in [0.25, 0.3) is 0 Å². The van der Waals surface area contributed by atoms with Crippen LogP contribution in [0.3, 0.4) is 0 Å². The van der Waals surface area contributed by atoms with Gasteiger partial charge in [0.2, 0.25) is 15.9 Å². The fraction of sp³-hybridized carbons (Fsp3) is 0.435. The van der Waals surface area contributed by atoms with Gasteiger partial charge in [-0.15, -0.1) is 0 Å². The van der Waals surface area contributed by atoms with Crippen molar-refractivity contribution in [3.63, 3.8) is 0 Å². The van der Waals surface area contributed by atoms with Crippen LogP contribution in [0.1, 0.15) is 36.3 Å². The van der Waals surface area contributed by atoms with E-state index in [4.69, 9.17) is 4.63 Å². The van der Waals surface area contributed by atoms with Crippen LogP contribution < -0.4 is 0 Å². The number of amides is 1. The first kappa shape index (κ1) is 21.1. The number of hydrogen-bond acceptors (Lipinski definition) is 6. The Morgan fingerprint density at radius 3 is 2.50 bits per heavy atom. The first-order valence-electron chi connectivity index (χ1n) is 11.0. The summed E-state index contributed by atoms with van der Waals surface area (Å²) >= 11 is 0. The van der Waals surface area contributed by atoms with Gasteiger partial charge in [-0.25, -0.2) is 13.0 Å². The molecule has 5 rings (SSSR count). The summed E-state index contributed by atoms with van der Waals surface area (Å²) in [5.74, 6) is 0.388. The summed E-state index contributed by atoms with van der Waals surface area (Å²) in [6.07, 6.45) is 2.02. The first-order valence-corrected chi connectivity index (χ1v) is 12.4. The Bertz CT molecular complexity index is 1230. The Morgan fingerprint density at radius 2 is 1.75 bits per heavy atom. The molecule has 1 amide bonds. The molecule has 3 heterocycles. The molecule has 1 unspecified atom stereocenters. The number of hydrogen-bond donors (Lipinski definition) is 0. The number of benzene rings is 2. The lowest BCUT2D eigenvalue weighted by atomic mass is 9.96. The molecule has 168 valence electrons. The van der Waals surface area contributed by atoms with Crippen LogP contribution >= 0.6 is 0 Å². The molecule has 0 saturated carbocycles. The standard InChI is InChI=1S/C23H26N4O4S/c1-16-5-7-17(8-6-16)19-9-12-26(15-19)23(28)18-10-13-27(14-11-18)32(29,30)21-4-2-3-20-22(21)25-31-24-20/h2-8,18-19H,9-15H2,1H3. The summed E-state index contributed by atoms with van der Waals surface area (Å²) in [4.78, 5) is 15.2. The number of sulfonamides is 1. The van der Waals surface area contributed by atoms with E-state index in [1.54, 1.807) is 12.1 Å². The second-order valence-corrected chi connectivity index (χ2v) is 10.7. The molecular weight excluding hydrogens is 428 g/mol. The van der Waals surface area contributed by atoms with Gasteiger partial charge in [-0.2, -0.15) is 4.31 Å². The van der Waals surface area contributed by atoms with E-state index in [1.807, 2.05) is 4.90 Å². The molecule has 3 aromatic rings. The zero-order valence-corrected chi connectivity index (χ0v) is 18.8. The molecule has 2 aliphatic rings. The maximum Gasteiger partial charge on any atom is 0.245 e. The number of carbonyl (C=O) groups is 1. The van der Waals surface area contributed by atoms with E-state index in [9.17, 15) is 13.2 Å². The molecule has 0 spiro atoms. The summed E-state index contributed by atoms with van der Waals surface area (Å²) in [5.41, 5.74) is 3.17. The van der Waals surface area contributed by atoms with Crippen LogP contribution in [0.25, 0.3) is 11.0 Å². The highest BCUT2D eigenvalue weighted by Gasteiger charge is 2.37. The maximum absolute atomic E-state index is 13.2. The van der Waals surface area contributed by atoms with Crippen LogP contribution in [0.5, 0.6) is 0 Å². The SMILES string of the molecule is Cc1ccc(C2CCN(C(=O)C3CCN(S(=O)(=O)c4cccc5nonc45)CC3)C2)cc1. The Hall–Kier alpha value is -2.78. The highest BCUT2D eigenvalue weighted by molar-refractivity contribution is 7.89. The molecular formula is C23H26N4O4S. The van der Waals surface area contributed by atoms with E-state index in [0.29, 0.717) is 37.4 Å². The van der Waals surface area contributed by atoms with Crippen LogP contribution in [-0.4, -0.2) is 60.0 Å². The monoisotopic (exact) mass is 454 g/mol. The molecule has 2 saturated heterocycles. The Kier molecular flexibility index (Phi) is 5.46. The average Bonchev–Trinajstić information content (AvgIpc) is 3.49. The van der Waals surface area contributed by atoms with Gasteiger partial charge in [0.15, 0.2) is 5.52 Å². The number of nitrogens with zero attached hydrogens (tertiary/aromatic N) is 4. The minimum atomic E-state index is -3.73. The topological polar surface area (TPSA) is 96.6 Å². The van der Waals surface area contributed by atoms with E-state index < -0.39 is 10.0 Å². The van der Waals surface area contributed by atoms with Gasteiger partial charge in [0.1, 0.15) is 10.4 Å². The van der Waals surface area contributed by atoms with Crippen molar-refractivity contribution in [2.24, 2.45) is 5.92 Å². The number of aryl methyl sites for hydroxylation is 1. The average molecular weight is 455 g/mol. The van der Waals surface area contributed by atoms with E-state index in [0.717, 1.165) is 19.5 Å². The van der Waals surface area contributed by atoms with Crippen molar-refractivity contribution in [3.05, 3.63) is 53.6 Å². The molecule has 1 aromatic heterocycles. The van der Waals surface area contributed by atoms with Crippen molar-refractivity contribution in [2.75, 3.05) is 26.2 Å². The third kappa shape index (κ3) is 3.80. The lowest BCUT2D eigenvalue weighted by Gasteiger charge is -2.32. The third-order valence-electron chi connectivity index (χ3n) is 6.72. The molecule has 0 N–H and O–H groups in total. The summed E-state index contributed by atoms with van der Waals surface area (Å²) in [6, 6.07) is 13.4. The fourth-order valence-corrected chi connectivity index (χ4v) is 6.41. The third-order valence-corrected chi connectivity index (χ3v) is 8.65. The Morgan fingerprint density at radius 1 is 1.00 bits per heavy atom. The van der Waals surface area contributed by atoms with Crippen molar-refractivity contribution >= 4 is 27.0 Å². The summed E-state index contributed by atoms with van der Waals surface area (Å²) in [7, 11) is -3.73. The molecule has 32 heavy (non-hydrogen) atoms. The number of carbonyl (C=O) groups excluding carboxylic acids is 1. The highest BCUT2D eigenvalue weighted by Crippen LogP contribution is 2.32. The van der Waals surface area contributed by atoms with Gasteiger partial charge in [-0.3, -0.25) is 4.79 Å². The van der Waals surface area contributed by atoms with Crippen LogP contribution in [0.4, 0.5) is 0 Å². The van der Waals surface area contributed by atoms with Gasteiger partial charge in [-0.1, -0.05) is 35.9 Å². The van der Waals surface area contributed by atoms with E-state index in [-0.39, 0.29) is 22.2 Å². The molecule has 9 heteroatoms. The predicted molar refractivity (Wildman–Crippen MR) is 118 cm³/mol. The molecule has 2 aliphatic heterocycles. The van der Waals surface area contributed by atoms with Gasteiger partial charge < -0.3 is 4.90 Å². The molecule has 0 radical (unpaired) electrons. The number of rotatable bonds is 4. The van der Waals surface area contributed by atoms with E-state index in [1.165, 1.54) is 21.5 Å². The van der Waals surface area contributed by atoms with Crippen LogP contribution in [-0.2, 0) is 14.8 Å². The highest BCUT2D eigenvalue weighted by atomic mass is 32.2. The molecule has 1 atom stereocenters. The van der Waals surface area contributed by atoms with Crippen molar-refractivity contribution in [1.82, 2.24) is 19.5 Å². The second-order valence-electron chi connectivity index (χ2n) is 8.75. The smallest absolute Gasteiger partial charge is 0.245 e. The fourth-order valence-electron chi connectivity index (χ4n) is 4.80. The minimum Gasteiger partial charge on any atom is -0.342 e. The molecule has 8 nitrogen and oxygen atoms in total. The molecule has 2 aromatic carbocycles.